The van der Waals surface area contributed by atoms with Gasteiger partial charge in [-0.1, -0.05) is 18.2 Å². The van der Waals surface area contributed by atoms with Gasteiger partial charge < -0.3 is 20.1 Å². The first-order valence-corrected chi connectivity index (χ1v) is 8.53. The van der Waals surface area contributed by atoms with Crippen LogP contribution in [0.2, 0.25) is 0 Å². The lowest BCUT2D eigenvalue weighted by molar-refractivity contribution is 0.0981. The summed E-state index contributed by atoms with van der Waals surface area (Å²) >= 11 is 0. The molecule has 0 radical (unpaired) electrons. The zero-order valence-electron chi connectivity index (χ0n) is 13.5. The van der Waals surface area contributed by atoms with E-state index in [2.05, 4.69) is 16.7 Å². The molecule has 23 heavy (non-hydrogen) atoms. The van der Waals surface area contributed by atoms with Gasteiger partial charge in [0.1, 0.15) is 5.75 Å². The van der Waals surface area contributed by atoms with Crippen LogP contribution in [0.15, 0.2) is 24.3 Å². The van der Waals surface area contributed by atoms with Crippen molar-refractivity contribution in [3.63, 3.8) is 0 Å². The van der Waals surface area contributed by atoms with E-state index in [0.717, 1.165) is 37.9 Å². The zero-order valence-corrected chi connectivity index (χ0v) is 13.5. The third kappa shape index (κ3) is 2.78. The lowest BCUT2D eigenvalue weighted by atomic mass is 9.94. The van der Waals surface area contributed by atoms with Gasteiger partial charge in [0.05, 0.1) is 25.4 Å². The molecule has 0 spiro atoms. The molecule has 2 N–H and O–H groups in total. The van der Waals surface area contributed by atoms with E-state index in [4.69, 9.17) is 9.47 Å². The highest BCUT2D eigenvalue weighted by Crippen LogP contribution is 2.50. The molecule has 2 bridgehead atoms. The predicted octanol–water partition coefficient (Wildman–Crippen LogP) is 2.35. The number of carbonyl (C=O) groups is 1. The van der Waals surface area contributed by atoms with Crippen molar-refractivity contribution in [3.05, 3.63) is 29.8 Å². The summed E-state index contributed by atoms with van der Waals surface area (Å²) in [5.74, 6) is 0.911. The van der Waals surface area contributed by atoms with Crippen LogP contribution in [-0.4, -0.2) is 37.9 Å². The number of amides is 2. The normalized spacial score (nSPS) is 30.0. The maximum absolute atomic E-state index is 12.2. The van der Waals surface area contributed by atoms with Crippen molar-refractivity contribution in [2.75, 3.05) is 13.7 Å². The molecular weight excluding hydrogens is 292 g/mol. The number of hydrogen-bond donors (Lipinski definition) is 2. The molecule has 4 rings (SSSR count). The summed E-state index contributed by atoms with van der Waals surface area (Å²) in [4.78, 5) is 12.2. The number of hydrogen-bond acceptors (Lipinski definition) is 3. The number of nitrogens with one attached hydrogen (secondary N) is 2. The maximum atomic E-state index is 12.2. The van der Waals surface area contributed by atoms with Crippen LogP contribution in [0.1, 0.15) is 37.7 Å². The van der Waals surface area contributed by atoms with Crippen LogP contribution in [0.3, 0.4) is 0 Å². The van der Waals surface area contributed by atoms with E-state index in [1.165, 1.54) is 5.56 Å². The molecule has 3 fully saturated rings. The topological polar surface area (TPSA) is 59.6 Å². The number of rotatable bonds is 5. The van der Waals surface area contributed by atoms with Gasteiger partial charge in [-0.25, -0.2) is 4.79 Å². The van der Waals surface area contributed by atoms with Gasteiger partial charge in [0, 0.05) is 17.5 Å². The summed E-state index contributed by atoms with van der Waals surface area (Å²) < 4.78 is 11.3. The van der Waals surface area contributed by atoms with Gasteiger partial charge in [-0.15, -0.1) is 0 Å². The molecule has 5 heteroatoms. The van der Waals surface area contributed by atoms with E-state index in [1.54, 1.807) is 7.11 Å². The summed E-state index contributed by atoms with van der Waals surface area (Å²) in [5.41, 5.74) is 1.24. The summed E-state index contributed by atoms with van der Waals surface area (Å²) in [5, 5.41) is 6.14. The molecule has 124 valence electrons. The highest BCUT2D eigenvalue weighted by Gasteiger charge is 2.46. The van der Waals surface area contributed by atoms with Gasteiger partial charge in [-0.3, -0.25) is 0 Å². The van der Waals surface area contributed by atoms with Crippen LogP contribution in [0.4, 0.5) is 4.79 Å². The molecule has 5 nitrogen and oxygen atoms in total. The summed E-state index contributed by atoms with van der Waals surface area (Å²) in [6, 6.07) is 8.21. The van der Waals surface area contributed by atoms with Crippen molar-refractivity contribution in [2.24, 2.45) is 0 Å². The van der Waals surface area contributed by atoms with Crippen LogP contribution in [0.5, 0.6) is 5.75 Å². The number of urea groups is 1. The maximum Gasteiger partial charge on any atom is 0.315 e. The third-order valence-electron chi connectivity index (χ3n) is 5.54. The summed E-state index contributed by atoms with van der Waals surface area (Å²) in [6.45, 7) is 0.654. The van der Waals surface area contributed by atoms with Crippen LogP contribution < -0.4 is 15.4 Å². The summed E-state index contributed by atoms with van der Waals surface area (Å²) in [7, 11) is 1.70. The van der Waals surface area contributed by atoms with E-state index in [0.29, 0.717) is 12.6 Å². The molecule has 0 unspecified atom stereocenters. The molecule has 1 aromatic carbocycles. The van der Waals surface area contributed by atoms with Crippen LogP contribution in [0, 0.1) is 0 Å². The highest BCUT2D eigenvalue weighted by atomic mass is 16.5. The SMILES string of the molecule is COc1ccccc1C1(CNC(=O)N[C@H]2C[C@H]3CC[C@H]2O3)CC1. The second kappa shape index (κ2) is 5.71. The van der Waals surface area contributed by atoms with Crippen molar-refractivity contribution < 1.29 is 14.3 Å². The standard InChI is InChI=1S/C18H24N2O3/c1-22-15-5-3-2-4-13(15)18(8-9-18)11-19-17(21)20-14-10-12-6-7-16(14)23-12/h2-5,12,14,16H,6-11H2,1H3,(H2,19,20,21)/t12-,14+,16-/m1/s1. The molecule has 3 aliphatic rings. The molecule has 0 aromatic heterocycles. The first kappa shape index (κ1) is 14.8. The number of para-hydroxylation sites is 1. The van der Waals surface area contributed by atoms with Crippen LogP contribution in [-0.2, 0) is 10.2 Å². The second-order valence-corrected chi connectivity index (χ2v) is 7.02. The fourth-order valence-corrected chi connectivity index (χ4v) is 4.03. The minimum Gasteiger partial charge on any atom is -0.496 e. The first-order chi connectivity index (χ1) is 11.2. The third-order valence-corrected chi connectivity index (χ3v) is 5.54. The highest BCUT2D eigenvalue weighted by molar-refractivity contribution is 5.74. The number of ether oxygens (including phenoxy) is 2. The van der Waals surface area contributed by atoms with E-state index in [1.807, 2.05) is 18.2 Å². The van der Waals surface area contributed by atoms with E-state index < -0.39 is 0 Å². The molecule has 3 atom stereocenters. The van der Waals surface area contributed by atoms with Crippen molar-refractivity contribution in [1.29, 1.82) is 0 Å². The molecule has 1 aliphatic carbocycles. The zero-order chi connectivity index (χ0) is 15.9. The van der Waals surface area contributed by atoms with E-state index in [9.17, 15) is 4.79 Å². The lowest BCUT2D eigenvalue weighted by Crippen LogP contribution is -2.48. The van der Waals surface area contributed by atoms with Gasteiger partial charge in [0.25, 0.3) is 0 Å². The lowest BCUT2D eigenvalue weighted by Gasteiger charge is -2.23. The Bertz CT molecular complexity index is 600. The number of fused-ring (bicyclic) bond motifs is 2. The van der Waals surface area contributed by atoms with Crippen LogP contribution >= 0.6 is 0 Å². The average Bonchev–Trinajstić information content (AvgIpc) is 3.08. The van der Waals surface area contributed by atoms with Gasteiger partial charge in [-0.2, -0.15) is 0 Å². The van der Waals surface area contributed by atoms with Gasteiger partial charge in [-0.05, 0) is 38.2 Å². The predicted molar refractivity (Wildman–Crippen MR) is 86.7 cm³/mol. The Hall–Kier alpha value is -1.75. The molecule has 2 amide bonds. The average molecular weight is 316 g/mol. The van der Waals surface area contributed by atoms with Gasteiger partial charge in [0.2, 0.25) is 0 Å². The number of carbonyl (C=O) groups excluding carboxylic acids is 1. The van der Waals surface area contributed by atoms with E-state index >= 15 is 0 Å². The fraction of sp³-hybridized carbons (Fsp3) is 0.611. The summed E-state index contributed by atoms with van der Waals surface area (Å²) in [6.07, 6.45) is 5.91. The number of methoxy groups -OCH3 is 1. The van der Waals surface area contributed by atoms with Gasteiger partial charge >= 0.3 is 6.03 Å². The Balaban J connectivity index is 1.34. The second-order valence-electron chi connectivity index (χ2n) is 7.02. The minimum absolute atomic E-state index is 0.0368. The first-order valence-electron chi connectivity index (χ1n) is 8.53. The van der Waals surface area contributed by atoms with Gasteiger partial charge in [0.15, 0.2) is 0 Å². The molecule has 1 saturated carbocycles. The van der Waals surface area contributed by atoms with E-state index in [-0.39, 0.29) is 23.6 Å². The minimum atomic E-state index is -0.0766. The quantitative estimate of drug-likeness (QED) is 0.876. The molecule has 2 heterocycles. The molecule has 1 aromatic rings. The molecule has 2 aliphatic heterocycles. The number of benzene rings is 1. The van der Waals surface area contributed by atoms with Crippen LogP contribution in [0.25, 0.3) is 0 Å². The Kier molecular flexibility index (Phi) is 3.68. The van der Waals surface area contributed by atoms with Crippen molar-refractivity contribution in [3.8, 4) is 5.75 Å². The largest absolute Gasteiger partial charge is 0.496 e. The Morgan fingerprint density at radius 2 is 2.17 bits per heavy atom. The molecular formula is C18H24N2O3. The van der Waals surface area contributed by atoms with Crippen molar-refractivity contribution >= 4 is 6.03 Å². The monoisotopic (exact) mass is 316 g/mol. The fourth-order valence-electron chi connectivity index (χ4n) is 4.03. The Morgan fingerprint density at radius 3 is 2.83 bits per heavy atom. The van der Waals surface area contributed by atoms with Crippen molar-refractivity contribution in [2.45, 2.75) is 55.8 Å². The Morgan fingerprint density at radius 1 is 1.35 bits per heavy atom. The molecule has 2 saturated heterocycles. The Labute approximate surface area is 136 Å². The van der Waals surface area contributed by atoms with Crippen molar-refractivity contribution in [1.82, 2.24) is 10.6 Å². The smallest absolute Gasteiger partial charge is 0.315 e.